The van der Waals surface area contributed by atoms with Gasteiger partial charge in [0.2, 0.25) is 17.7 Å². The summed E-state index contributed by atoms with van der Waals surface area (Å²) in [5, 5.41) is 3.85. The van der Waals surface area contributed by atoms with Gasteiger partial charge in [-0.2, -0.15) is 4.98 Å². The Hall–Kier alpha value is -1.92. The molecule has 7 heteroatoms. The molecule has 0 spiro atoms. The molecular weight excluding hydrogens is 344 g/mol. The fourth-order valence-corrected chi connectivity index (χ4v) is 4.55. The number of hydrogen-bond donors (Lipinski definition) is 0. The van der Waals surface area contributed by atoms with Gasteiger partial charge in [-0.3, -0.25) is 9.59 Å². The van der Waals surface area contributed by atoms with Crippen molar-refractivity contribution in [3.05, 3.63) is 11.7 Å². The molecule has 0 radical (unpaired) electrons. The fourth-order valence-electron chi connectivity index (χ4n) is 4.55. The molecule has 7 nitrogen and oxygen atoms in total. The van der Waals surface area contributed by atoms with Crippen LogP contribution in [-0.2, 0) is 16.0 Å². The number of aromatic nitrogens is 2. The molecular formula is C20H30N4O3. The maximum atomic E-state index is 12.9. The molecule has 0 N–H and O–H groups in total. The molecule has 0 atom stereocenters. The molecule has 2 saturated heterocycles. The van der Waals surface area contributed by atoms with Gasteiger partial charge in [-0.05, 0) is 51.4 Å². The van der Waals surface area contributed by atoms with E-state index in [0.29, 0.717) is 23.5 Å². The van der Waals surface area contributed by atoms with Crippen molar-refractivity contribution in [1.29, 1.82) is 0 Å². The van der Waals surface area contributed by atoms with E-state index in [2.05, 4.69) is 10.1 Å². The predicted octanol–water partition coefficient (Wildman–Crippen LogP) is 2.20. The minimum absolute atomic E-state index is 0.0885. The Labute approximate surface area is 160 Å². The van der Waals surface area contributed by atoms with Crippen LogP contribution in [0.15, 0.2) is 4.52 Å². The lowest BCUT2D eigenvalue weighted by molar-refractivity contribution is -0.144. The van der Waals surface area contributed by atoms with Crippen molar-refractivity contribution >= 4 is 11.8 Å². The van der Waals surface area contributed by atoms with Crippen LogP contribution in [0.2, 0.25) is 0 Å². The fraction of sp³-hybridized carbons (Fsp3) is 0.800. The number of carbonyl (C=O) groups is 2. The van der Waals surface area contributed by atoms with Gasteiger partial charge in [0, 0.05) is 44.4 Å². The third-order valence-corrected chi connectivity index (χ3v) is 6.57. The second-order valence-corrected chi connectivity index (χ2v) is 8.44. The molecule has 3 aliphatic rings. The zero-order chi connectivity index (χ0) is 18.8. The Balaban J connectivity index is 1.21. The first-order chi connectivity index (χ1) is 13.1. The molecule has 3 fully saturated rings. The number of hydrogen-bond acceptors (Lipinski definition) is 5. The molecule has 3 heterocycles. The van der Waals surface area contributed by atoms with E-state index in [0.717, 1.165) is 71.1 Å². The Kier molecular flexibility index (Phi) is 5.45. The smallest absolute Gasteiger partial charge is 0.226 e. The third-order valence-electron chi connectivity index (χ3n) is 6.57. The lowest BCUT2D eigenvalue weighted by Crippen LogP contribution is -2.48. The van der Waals surface area contributed by atoms with E-state index < -0.39 is 0 Å². The highest BCUT2D eigenvalue weighted by atomic mass is 16.5. The van der Waals surface area contributed by atoms with Gasteiger partial charge in [0.1, 0.15) is 0 Å². The van der Waals surface area contributed by atoms with Gasteiger partial charge in [-0.25, -0.2) is 0 Å². The van der Waals surface area contributed by atoms with E-state index in [1.165, 1.54) is 6.42 Å². The van der Waals surface area contributed by atoms with Gasteiger partial charge < -0.3 is 14.3 Å². The van der Waals surface area contributed by atoms with Gasteiger partial charge in [-0.1, -0.05) is 11.6 Å². The summed E-state index contributed by atoms with van der Waals surface area (Å²) in [6.45, 7) is 4.96. The number of likely N-dealkylation sites (tertiary alicyclic amines) is 2. The van der Waals surface area contributed by atoms with Crippen LogP contribution in [0.25, 0.3) is 0 Å². The summed E-state index contributed by atoms with van der Waals surface area (Å²) in [5.41, 5.74) is 0. The number of nitrogens with zero attached hydrogens (tertiary/aromatic N) is 4. The Morgan fingerprint density at radius 1 is 0.926 bits per heavy atom. The van der Waals surface area contributed by atoms with Crippen LogP contribution in [0.4, 0.5) is 0 Å². The topological polar surface area (TPSA) is 79.5 Å². The summed E-state index contributed by atoms with van der Waals surface area (Å²) >= 11 is 0. The van der Waals surface area contributed by atoms with Gasteiger partial charge in [0.25, 0.3) is 0 Å². The first-order valence-corrected chi connectivity index (χ1v) is 10.5. The Bertz CT molecular complexity index is 669. The van der Waals surface area contributed by atoms with Crippen molar-refractivity contribution in [2.45, 2.75) is 58.3 Å². The standard InChI is InChI=1S/C20H30N4O3/c1-14-21-18(27-22-14)13-15-5-9-23(10-6-15)20(26)17-7-11-24(12-8-17)19(25)16-3-2-4-16/h15-17H,2-13H2,1H3. The molecule has 2 aliphatic heterocycles. The molecule has 1 aliphatic carbocycles. The monoisotopic (exact) mass is 374 g/mol. The SMILES string of the molecule is Cc1noc(CC2CCN(C(=O)C3CCN(C(=O)C4CCC4)CC3)CC2)n1. The van der Waals surface area contributed by atoms with E-state index in [9.17, 15) is 9.59 Å². The van der Waals surface area contributed by atoms with Crippen LogP contribution >= 0.6 is 0 Å². The average Bonchev–Trinajstić information content (AvgIpc) is 3.05. The van der Waals surface area contributed by atoms with Crippen molar-refractivity contribution in [3.63, 3.8) is 0 Å². The maximum absolute atomic E-state index is 12.9. The van der Waals surface area contributed by atoms with Crippen LogP contribution in [0, 0.1) is 24.7 Å². The second kappa shape index (κ2) is 7.98. The third kappa shape index (κ3) is 4.17. The number of aryl methyl sites for hydroxylation is 1. The molecule has 148 valence electrons. The summed E-state index contributed by atoms with van der Waals surface area (Å²) in [7, 11) is 0. The molecule has 0 unspecified atom stereocenters. The van der Waals surface area contributed by atoms with E-state index in [4.69, 9.17) is 4.52 Å². The summed E-state index contributed by atoms with van der Waals surface area (Å²) in [4.78, 5) is 33.5. The highest BCUT2D eigenvalue weighted by Gasteiger charge is 2.35. The van der Waals surface area contributed by atoms with E-state index in [-0.39, 0.29) is 17.7 Å². The average molecular weight is 374 g/mol. The van der Waals surface area contributed by atoms with Crippen LogP contribution in [0.1, 0.15) is 56.7 Å². The predicted molar refractivity (Wildman–Crippen MR) is 98.7 cm³/mol. The lowest BCUT2D eigenvalue weighted by atomic mass is 9.83. The van der Waals surface area contributed by atoms with Crippen LogP contribution < -0.4 is 0 Å². The van der Waals surface area contributed by atoms with Gasteiger partial charge >= 0.3 is 0 Å². The largest absolute Gasteiger partial charge is 0.342 e. The van der Waals surface area contributed by atoms with Gasteiger partial charge in [-0.15, -0.1) is 0 Å². The summed E-state index contributed by atoms with van der Waals surface area (Å²) in [6.07, 6.45) is 7.72. The Morgan fingerprint density at radius 3 is 1.96 bits per heavy atom. The summed E-state index contributed by atoms with van der Waals surface area (Å²) in [6, 6.07) is 0. The van der Waals surface area contributed by atoms with E-state index >= 15 is 0 Å². The Morgan fingerprint density at radius 2 is 1.48 bits per heavy atom. The zero-order valence-corrected chi connectivity index (χ0v) is 16.2. The van der Waals surface area contributed by atoms with Crippen molar-refractivity contribution < 1.29 is 14.1 Å². The molecule has 1 saturated carbocycles. The minimum atomic E-state index is 0.0885. The van der Waals surface area contributed by atoms with E-state index in [1.807, 2.05) is 16.7 Å². The maximum Gasteiger partial charge on any atom is 0.226 e. The van der Waals surface area contributed by atoms with Gasteiger partial charge in [0.15, 0.2) is 5.82 Å². The van der Waals surface area contributed by atoms with E-state index in [1.54, 1.807) is 0 Å². The quantitative estimate of drug-likeness (QED) is 0.807. The van der Waals surface area contributed by atoms with Crippen molar-refractivity contribution in [1.82, 2.24) is 19.9 Å². The normalized spacial score (nSPS) is 22.7. The molecule has 0 bridgehead atoms. The first-order valence-electron chi connectivity index (χ1n) is 10.5. The number of carbonyl (C=O) groups excluding carboxylic acids is 2. The van der Waals surface area contributed by atoms with Crippen LogP contribution in [-0.4, -0.2) is 57.9 Å². The molecule has 1 aromatic heterocycles. The molecule has 4 rings (SSSR count). The first kappa shape index (κ1) is 18.4. The van der Waals surface area contributed by atoms with Crippen LogP contribution in [0.3, 0.4) is 0 Å². The minimum Gasteiger partial charge on any atom is -0.342 e. The number of piperidine rings is 2. The van der Waals surface area contributed by atoms with Crippen molar-refractivity contribution in [2.75, 3.05) is 26.2 Å². The summed E-state index contributed by atoms with van der Waals surface area (Å²) in [5.74, 6) is 2.86. The zero-order valence-electron chi connectivity index (χ0n) is 16.2. The van der Waals surface area contributed by atoms with Crippen molar-refractivity contribution in [3.8, 4) is 0 Å². The highest BCUT2D eigenvalue weighted by Crippen LogP contribution is 2.31. The number of amides is 2. The van der Waals surface area contributed by atoms with Crippen LogP contribution in [0.5, 0.6) is 0 Å². The van der Waals surface area contributed by atoms with Crippen molar-refractivity contribution in [2.24, 2.45) is 17.8 Å². The lowest BCUT2D eigenvalue weighted by Gasteiger charge is -2.39. The molecule has 2 amide bonds. The van der Waals surface area contributed by atoms with Gasteiger partial charge in [0.05, 0.1) is 0 Å². The second-order valence-electron chi connectivity index (χ2n) is 8.44. The highest BCUT2D eigenvalue weighted by molar-refractivity contribution is 5.81. The number of rotatable bonds is 4. The molecule has 27 heavy (non-hydrogen) atoms. The molecule has 0 aromatic carbocycles. The molecule has 1 aromatic rings. The summed E-state index contributed by atoms with van der Waals surface area (Å²) < 4.78 is 5.22.